The van der Waals surface area contributed by atoms with E-state index < -0.39 is 23.6 Å². The van der Waals surface area contributed by atoms with E-state index in [9.17, 15) is 29.1 Å². The van der Waals surface area contributed by atoms with Gasteiger partial charge in [-0.05, 0) is 95.8 Å². The highest BCUT2D eigenvalue weighted by Crippen LogP contribution is 2.36. The predicted octanol–water partition coefficient (Wildman–Crippen LogP) is 6.13. The maximum Gasteiger partial charge on any atom is 0.410 e. The molecule has 1 saturated heterocycles. The third-order valence-corrected chi connectivity index (χ3v) is 9.86. The Morgan fingerprint density at radius 2 is 1.31 bits per heavy atom. The van der Waals surface area contributed by atoms with E-state index in [-0.39, 0.29) is 56.2 Å². The van der Waals surface area contributed by atoms with Crippen molar-refractivity contribution in [3.8, 4) is 0 Å². The van der Waals surface area contributed by atoms with Crippen molar-refractivity contribution < 1.29 is 43.7 Å². The number of hydrogen-bond acceptors (Lipinski definition) is 12. The average Bonchev–Trinajstić information content (AvgIpc) is 3.79. The number of aliphatic hydroxyl groups is 2. The summed E-state index contributed by atoms with van der Waals surface area (Å²) in [5, 5.41) is 31.7. The number of nitrogens with one attached hydrogen (secondary N) is 5. The van der Waals surface area contributed by atoms with E-state index in [0.29, 0.717) is 19.1 Å². The minimum atomic E-state index is -0.789. The molecule has 15 nitrogen and oxygen atoms in total. The molecule has 0 bridgehead atoms. The molecule has 1 heterocycles. The molecule has 5 rings (SSSR count). The van der Waals surface area contributed by atoms with Gasteiger partial charge in [-0.15, -0.1) is 0 Å². The minimum Gasteiger partial charge on any atom is -0.445 e. The molecule has 4 aromatic rings. The van der Waals surface area contributed by atoms with Gasteiger partial charge in [0.05, 0.1) is 37.0 Å². The summed E-state index contributed by atoms with van der Waals surface area (Å²) >= 11 is 0. The van der Waals surface area contributed by atoms with Crippen LogP contribution in [0.15, 0.2) is 115 Å². The molecule has 0 aromatic heterocycles. The summed E-state index contributed by atoms with van der Waals surface area (Å²) in [6, 6.07) is 38.2. The molecule has 65 heavy (non-hydrogen) atoms. The molecular formula is C50H70N6O9. The molecule has 0 spiro atoms. The number of nitrogens with zero attached hydrogens (tertiary/aromatic N) is 1. The van der Waals surface area contributed by atoms with Gasteiger partial charge in [0.2, 0.25) is 5.91 Å². The SMILES string of the molecule is CC(C)NC(=O)OC(C)(C)C.CNC(c1ccccc1)(c1ccccc1)c1ccccc1.CNc1ccc(COC(=O)N2CCCC2CO)cc1.C[C@H](NCO)C(=O)NC(C=O)CC=O. The molecular weight excluding hydrogens is 829 g/mol. The molecule has 1 aliphatic heterocycles. The zero-order valence-corrected chi connectivity index (χ0v) is 39.1. The number of anilines is 1. The van der Waals surface area contributed by atoms with Gasteiger partial charge in [-0.2, -0.15) is 0 Å². The highest BCUT2D eigenvalue weighted by Gasteiger charge is 2.34. The van der Waals surface area contributed by atoms with Crippen molar-refractivity contribution in [3.63, 3.8) is 0 Å². The van der Waals surface area contributed by atoms with Crippen molar-refractivity contribution in [1.29, 1.82) is 0 Å². The Labute approximate surface area is 384 Å². The van der Waals surface area contributed by atoms with Crippen molar-refractivity contribution >= 4 is 36.4 Å². The number of benzene rings is 4. The number of aldehydes is 2. The molecule has 1 aliphatic rings. The number of carbonyl (C=O) groups is 5. The minimum absolute atomic E-state index is 0.00592. The second kappa shape index (κ2) is 29.3. The fourth-order valence-electron chi connectivity index (χ4n) is 6.59. The number of likely N-dealkylation sites (tertiary alicyclic amines) is 1. The van der Waals surface area contributed by atoms with Gasteiger partial charge < -0.3 is 55.4 Å². The molecule has 0 saturated carbocycles. The van der Waals surface area contributed by atoms with Crippen LogP contribution in [0.2, 0.25) is 0 Å². The van der Waals surface area contributed by atoms with Crippen molar-refractivity contribution in [3.05, 3.63) is 138 Å². The highest BCUT2D eigenvalue weighted by atomic mass is 16.6. The Hall–Kier alpha value is -6.13. The lowest BCUT2D eigenvalue weighted by Crippen LogP contribution is -2.47. The number of amides is 3. The maximum absolute atomic E-state index is 11.9. The summed E-state index contributed by atoms with van der Waals surface area (Å²) < 4.78 is 10.3. The zero-order valence-electron chi connectivity index (χ0n) is 39.1. The van der Waals surface area contributed by atoms with Gasteiger partial charge in [0.15, 0.2) is 0 Å². The van der Waals surface area contributed by atoms with Crippen LogP contribution in [-0.2, 0) is 36.0 Å². The van der Waals surface area contributed by atoms with E-state index in [1.807, 2.05) is 73.0 Å². The van der Waals surface area contributed by atoms with E-state index in [4.69, 9.17) is 14.6 Å². The summed E-state index contributed by atoms with van der Waals surface area (Å²) in [5.41, 5.74) is 4.96. The van der Waals surface area contributed by atoms with Crippen LogP contribution >= 0.6 is 0 Å². The van der Waals surface area contributed by atoms with Crippen LogP contribution in [0.25, 0.3) is 0 Å². The summed E-state index contributed by atoms with van der Waals surface area (Å²) in [6.07, 6.45) is 2.10. The molecule has 3 amide bonds. The molecule has 4 aromatic carbocycles. The first-order valence-corrected chi connectivity index (χ1v) is 21.8. The highest BCUT2D eigenvalue weighted by molar-refractivity contribution is 5.84. The Morgan fingerprint density at radius 3 is 1.71 bits per heavy atom. The van der Waals surface area contributed by atoms with E-state index in [1.165, 1.54) is 23.6 Å². The second-order valence-electron chi connectivity index (χ2n) is 16.3. The number of rotatable bonds is 16. The van der Waals surface area contributed by atoms with Crippen LogP contribution in [-0.4, -0.2) is 110 Å². The van der Waals surface area contributed by atoms with Gasteiger partial charge in [0.1, 0.15) is 24.8 Å². The van der Waals surface area contributed by atoms with Crippen LogP contribution in [0.5, 0.6) is 0 Å². The number of hydrogen-bond donors (Lipinski definition) is 7. The topological polar surface area (TPSA) is 208 Å². The molecule has 7 N–H and O–H groups in total. The van der Waals surface area contributed by atoms with Gasteiger partial charge in [0.25, 0.3) is 0 Å². The van der Waals surface area contributed by atoms with Crippen LogP contribution in [0.3, 0.4) is 0 Å². The lowest BCUT2D eigenvalue weighted by molar-refractivity contribution is -0.126. The van der Waals surface area contributed by atoms with Crippen LogP contribution in [0.4, 0.5) is 15.3 Å². The lowest BCUT2D eigenvalue weighted by atomic mass is 9.77. The molecule has 354 valence electrons. The van der Waals surface area contributed by atoms with Crippen molar-refractivity contribution in [2.24, 2.45) is 0 Å². The van der Waals surface area contributed by atoms with Crippen LogP contribution in [0.1, 0.15) is 83.1 Å². The summed E-state index contributed by atoms with van der Waals surface area (Å²) in [6.45, 7) is 11.5. The smallest absolute Gasteiger partial charge is 0.410 e. The first-order valence-electron chi connectivity index (χ1n) is 21.8. The number of ether oxygens (including phenoxy) is 2. The molecule has 15 heteroatoms. The van der Waals surface area contributed by atoms with Crippen molar-refractivity contribution in [1.82, 2.24) is 26.2 Å². The second-order valence-corrected chi connectivity index (χ2v) is 16.3. The number of carbonyl (C=O) groups excluding carboxylic acids is 5. The summed E-state index contributed by atoms with van der Waals surface area (Å²) in [5.74, 6) is -0.432. The zero-order chi connectivity index (χ0) is 48.3. The summed E-state index contributed by atoms with van der Waals surface area (Å²) in [7, 11) is 3.88. The largest absolute Gasteiger partial charge is 0.445 e. The first kappa shape index (κ1) is 55.0. The number of aliphatic hydroxyl groups excluding tert-OH is 2. The van der Waals surface area contributed by atoms with Gasteiger partial charge in [-0.3, -0.25) is 10.1 Å². The third kappa shape index (κ3) is 19.3. The molecule has 0 aliphatic carbocycles. The van der Waals surface area contributed by atoms with Gasteiger partial charge in [-0.1, -0.05) is 103 Å². The predicted molar refractivity (Wildman–Crippen MR) is 254 cm³/mol. The van der Waals surface area contributed by atoms with Crippen molar-refractivity contribution in [2.45, 2.75) is 103 Å². The van der Waals surface area contributed by atoms with Gasteiger partial charge in [0, 0.05) is 31.7 Å². The maximum atomic E-state index is 11.9. The Balaban J connectivity index is 0.000000307. The average molecular weight is 899 g/mol. The fourth-order valence-corrected chi connectivity index (χ4v) is 6.59. The van der Waals surface area contributed by atoms with E-state index in [2.05, 4.69) is 118 Å². The normalized spacial score (nSPS) is 14.0. The van der Waals surface area contributed by atoms with E-state index in [1.54, 1.807) is 4.90 Å². The third-order valence-electron chi connectivity index (χ3n) is 9.86. The standard InChI is InChI=1S/C20H19N.C14H20N2O3.C8H14N2O4.C8H17NO2/c1-21-20(17-11-5-2-6-12-17,18-13-7-3-8-14-18)19-15-9-4-10-16-19;1-15-12-6-4-11(5-7-12)10-19-14(18)16-8-2-3-13(16)9-17;1-6(9-5-13)8(14)10-7(4-12)2-3-11;1-6(2)9-7(10)11-8(3,4)5/h2-16,21H,1H3;4-7,13,15,17H,2-3,8-10H2,1H3;3-4,6-7,9,13H,2,5H2,1H3,(H,10,14);6H,1-5H3,(H,9,10)/t;;6-,7?;/m..0./s1. The van der Waals surface area contributed by atoms with E-state index >= 15 is 0 Å². The van der Waals surface area contributed by atoms with E-state index in [0.717, 1.165) is 24.1 Å². The van der Waals surface area contributed by atoms with Gasteiger partial charge >= 0.3 is 12.2 Å². The first-order chi connectivity index (χ1) is 31.1. The molecule has 1 fully saturated rings. The Kier molecular flexibility index (Phi) is 24.8. The Morgan fingerprint density at radius 1 is 0.785 bits per heavy atom. The van der Waals surface area contributed by atoms with Crippen molar-refractivity contribution in [2.75, 3.05) is 39.3 Å². The molecule has 3 atom stereocenters. The van der Waals surface area contributed by atoms with Crippen LogP contribution in [0, 0.1) is 0 Å². The summed E-state index contributed by atoms with van der Waals surface area (Å²) in [4.78, 5) is 56.1. The molecule has 0 radical (unpaired) electrons. The molecule has 2 unspecified atom stereocenters. The monoisotopic (exact) mass is 899 g/mol. The lowest BCUT2D eigenvalue weighted by Gasteiger charge is -2.35. The van der Waals surface area contributed by atoms with Crippen LogP contribution < -0.4 is 26.6 Å². The Bertz CT molecular complexity index is 1870. The number of alkyl carbamates (subject to hydrolysis) is 1. The fraction of sp³-hybridized carbons (Fsp3) is 0.420. The van der Waals surface area contributed by atoms with Gasteiger partial charge in [-0.25, -0.2) is 9.59 Å². The quantitative estimate of drug-likeness (QED) is 0.0386.